The van der Waals surface area contributed by atoms with Gasteiger partial charge in [0.15, 0.2) is 0 Å². The number of hydrogen-bond acceptors (Lipinski definition) is 5. The van der Waals surface area contributed by atoms with Crippen molar-refractivity contribution in [1.29, 1.82) is 0 Å². The molecule has 0 bridgehead atoms. The summed E-state index contributed by atoms with van der Waals surface area (Å²) in [5.74, 6) is 0. The fourth-order valence-electron chi connectivity index (χ4n) is 6.32. The summed E-state index contributed by atoms with van der Waals surface area (Å²) >= 11 is 0. The van der Waals surface area contributed by atoms with Crippen LogP contribution in [0.2, 0.25) is 0 Å². The van der Waals surface area contributed by atoms with Crippen molar-refractivity contribution < 1.29 is 0 Å². The van der Waals surface area contributed by atoms with Crippen LogP contribution in [0.5, 0.6) is 0 Å². The number of nitrogens with zero attached hydrogens (tertiary/aromatic N) is 5. The molecule has 0 amide bonds. The van der Waals surface area contributed by atoms with E-state index >= 15 is 0 Å². The third-order valence-corrected chi connectivity index (χ3v) is 8.37. The molecule has 9 aromatic rings. The molecule has 0 unspecified atom stereocenters. The van der Waals surface area contributed by atoms with Crippen LogP contribution in [0.4, 0.5) is 0 Å². The maximum Gasteiger partial charge on any atom is 0.0978 e. The van der Waals surface area contributed by atoms with Crippen LogP contribution < -0.4 is 0 Å². The van der Waals surface area contributed by atoms with E-state index in [2.05, 4.69) is 94.9 Å². The summed E-state index contributed by atoms with van der Waals surface area (Å²) in [4.78, 5) is 24.5. The van der Waals surface area contributed by atoms with E-state index in [9.17, 15) is 0 Å². The van der Waals surface area contributed by atoms with E-state index in [0.717, 1.165) is 82.6 Å². The lowest BCUT2D eigenvalue weighted by atomic mass is 9.95. The number of pyridine rings is 5. The Balaban J connectivity index is 1.21. The molecule has 5 heterocycles. The number of rotatable bonds is 3. The van der Waals surface area contributed by atoms with Crippen molar-refractivity contribution in [2.45, 2.75) is 0 Å². The number of para-hydroxylation sites is 1. The molecular formula is C39H23N5. The number of aromatic nitrogens is 5. The van der Waals surface area contributed by atoms with Crippen LogP contribution in [0, 0.1) is 0 Å². The van der Waals surface area contributed by atoms with Crippen molar-refractivity contribution in [2.75, 3.05) is 0 Å². The SMILES string of the molecule is c1ccc(-c2c3ccccc3nc3c2ccc2ccc(-c4ccc(-c5cc6cccnc6c6ncccc56)cn4)nc23)cc1. The van der Waals surface area contributed by atoms with Crippen LogP contribution in [0.15, 0.2) is 140 Å². The number of benzene rings is 4. The van der Waals surface area contributed by atoms with Gasteiger partial charge in [-0.2, -0.15) is 0 Å². The minimum Gasteiger partial charge on any atom is -0.254 e. The maximum atomic E-state index is 5.17. The predicted octanol–water partition coefficient (Wildman–Crippen LogP) is 9.43. The first kappa shape index (κ1) is 24.5. The summed E-state index contributed by atoms with van der Waals surface area (Å²) < 4.78 is 0. The Morgan fingerprint density at radius 2 is 1.18 bits per heavy atom. The lowest BCUT2D eigenvalue weighted by Crippen LogP contribution is -1.94. The highest BCUT2D eigenvalue weighted by atomic mass is 14.8. The monoisotopic (exact) mass is 561 g/mol. The molecule has 0 spiro atoms. The first-order valence-electron chi connectivity index (χ1n) is 14.6. The summed E-state index contributed by atoms with van der Waals surface area (Å²) in [6.45, 7) is 0. The second kappa shape index (κ2) is 9.75. The molecule has 9 rings (SSSR count). The highest BCUT2D eigenvalue weighted by Crippen LogP contribution is 2.38. The molecule has 0 saturated carbocycles. The van der Waals surface area contributed by atoms with Crippen LogP contribution in [0.1, 0.15) is 0 Å². The van der Waals surface area contributed by atoms with Gasteiger partial charge in [-0.25, -0.2) is 9.97 Å². The van der Waals surface area contributed by atoms with Crippen LogP contribution in [0.25, 0.3) is 88.2 Å². The normalized spacial score (nSPS) is 11.6. The molecule has 0 aliphatic carbocycles. The average Bonchev–Trinajstić information content (AvgIpc) is 3.10. The van der Waals surface area contributed by atoms with Crippen molar-refractivity contribution in [3.63, 3.8) is 0 Å². The first-order chi connectivity index (χ1) is 21.8. The van der Waals surface area contributed by atoms with Crippen LogP contribution in [0.3, 0.4) is 0 Å². The van der Waals surface area contributed by atoms with Crippen molar-refractivity contribution in [3.05, 3.63) is 140 Å². The molecule has 0 aliphatic rings. The minimum absolute atomic E-state index is 0.807. The second-order valence-corrected chi connectivity index (χ2v) is 10.9. The highest BCUT2D eigenvalue weighted by Gasteiger charge is 2.15. The van der Waals surface area contributed by atoms with Crippen LogP contribution in [-0.2, 0) is 0 Å². The van der Waals surface area contributed by atoms with Gasteiger partial charge in [-0.1, -0.05) is 84.9 Å². The number of hydrogen-bond donors (Lipinski definition) is 0. The molecule has 0 saturated heterocycles. The fraction of sp³-hybridized carbons (Fsp3) is 0. The van der Waals surface area contributed by atoms with Gasteiger partial charge in [-0.05, 0) is 47.5 Å². The molecule has 0 radical (unpaired) electrons. The topological polar surface area (TPSA) is 64.5 Å². The van der Waals surface area contributed by atoms with Gasteiger partial charge < -0.3 is 0 Å². The van der Waals surface area contributed by atoms with Gasteiger partial charge in [0, 0.05) is 56.6 Å². The Morgan fingerprint density at radius 1 is 0.409 bits per heavy atom. The van der Waals surface area contributed by atoms with E-state index < -0.39 is 0 Å². The van der Waals surface area contributed by atoms with Gasteiger partial charge in [0.1, 0.15) is 0 Å². The van der Waals surface area contributed by atoms with Gasteiger partial charge >= 0.3 is 0 Å². The Morgan fingerprint density at radius 3 is 2.07 bits per heavy atom. The largest absolute Gasteiger partial charge is 0.254 e. The molecule has 5 nitrogen and oxygen atoms in total. The molecule has 0 aliphatic heterocycles. The quantitative estimate of drug-likeness (QED) is 0.159. The van der Waals surface area contributed by atoms with Gasteiger partial charge in [0.2, 0.25) is 0 Å². The first-order valence-corrected chi connectivity index (χ1v) is 14.6. The van der Waals surface area contributed by atoms with E-state index in [-0.39, 0.29) is 0 Å². The molecule has 44 heavy (non-hydrogen) atoms. The summed E-state index contributed by atoms with van der Waals surface area (Å²) in [7, 11) is 0. The lowest BCUT2D eigenvalue weighted by Gasteiger charge is -2.13. The Labute approximate surface area is 252 Å². The minimum atomic E-state index is 0.807. The second-order valence-electron chi connectivity index (χ2n) is 10.9. The lowest BCUT2D eigenvalue weighted by molar-refractivity contribution is 1.28. The van der Waals surface area contributed by atoms with Gasteiger partial charge in [-0.15, -0.1) is 0 Å². The van der Waals surface area contributed by atoms with E-state index in [1.807, 2.05) is 55.0 Å². The van der Waals surface area contributed by atoms with Gasteiger partial charge in [0.05, 0.1) is 39.0 Å². The van der Waals surface area contributed by atoms with Crippen molar-refractivity contribution in [2.24, 2.45) is 0 Å². The third kappa shape index (κ3) is 3.83. The molecule has 0 fully saturated rings. The zero-order valence-corrected chi connectivity index (χ0v) is 23.5. The Bertz CT molecular complexity index is 2540. The molecular weight excluding hydrogens is 538 g/mol. The predicted molar refractivity (Wildman–Crippen MR) is 179 cm³/mol. The van der Waals surface area contributed by atoms with E-state index in [1.54, 1.807) is 0 Å². The standard InChI is InChI=1S/C39H23N5/c1-2-8-24(9-3-1)35-29-11-4-5-13-32(29)43-39-30(35)17-14-25-15-19-34(44-37(25)39)33-18-16-27(23-42-33)31-22-26-10-6-20-40-36(26)38-28(31)12-7-21-41-38/h1-23H. The molecule has 5 heteroatoms. The van der Waals surface area contributed by atoms with Crippen LogP contribution >= 0.6 is 0 Å². The van der Waals surface area contributed by atoms with E-state index in [4.69, 9.17) is 15.0 Å². The third-order valence-electron chi connectivity index (χ3n) is 8.37. The van der Waals surface area contributed by atoms with E-state index in [0.29, 0.717) is 0 Å². The van der Waals surface area contributed by atoms with Crippen molar-refractivity contribution in [3.8, 4) is 33.6 Å². The fourth-order valence-corrected chi connectivity index (χ4v) is 6.32. The Hall–Kier alpha value is -6.07. The molecule has 0 atom stereocenters. The maximum absolute atomic E-state index is 5.17. The Kier molecular flexibility index (Phi) is 5.43. The van der Waals surface area contributed by atoms with Crippen molar-refractivity contribution >= 4 is 54.5 Å². The molecule has 5 aromatic heterocycles. The zero-order chi connectivity index (χ0) is 29.0. The summed E-state index contributed by atoms with van der Waals surface area (Å²) in [5.41, 5.74) is 10.6. The van der Waals surface area contributed by atoms with Crippen molar-refractivity contribution in [1.82, 2.24) is 24.9 Å². The molecule has 0 N–H and O–H groups in total. The summed E-state index contributed by atoms with van der Waals surface area (Å²) in [6.07, 6.45) is 5.55. The zero-order valence-electron chi connectivity index (χ0n) is 23.5. The van der Waals surface area contributed by atoms with E-state index in [1.165, 1.54) is 5.56 Å². The molecule has 4 aromatic carbocycles. The van der Waals surface area contributed by atoms with Crippen LogP contribution in [-0.4, -0.2) is 24.9 Å². The van der Waals surface area contributed by atoms with Gasteiger partial charge in [0.25, 0.3) is 0 Å². The summed E-state index contributed by atoms with van der Waals surface area (Å²) in [6, 6.07) is 41.7. The number of fused-ring (bicyclic) bond motifs is 7. The average molecular weight is 562 g/mol. The smallest absolute Gasteiger partial charge is 0.0978 e. The highest BCUT2D eigenvalue weighted by molar-refractivity contribution is 6.16. The molecule has 204 valence electrons. The summed E-state index contributed by atoms with van der Waals surface area (Å²) in [5, 5.41) is 5.36. The van der Waals surface area contributed by atoms with Gasteiger partial charge in [-0.3, -0.25) is 15.0 Å².